The molecule has 9 aromatic heterocycles. The first-order valence-electron chi connectivity index (χ1n) is 42.6. The largest absolute Gasteiger partial charge is 0.395 e. The van der Waals surface area contributed by atoms with Crippen LogP contribution in [0.1, 0.15) is 131 Å². The maximum Gasteiger partial charge on any atom is 0.276 e. The molecular weight excluding hydrogens is 1930 g/mol. The molecule has 12 heterocycles. The van der Waals surface area contributed by atoms with E-state index in [1.54, 1.807) is 87.0 Å². The molecule has 27 nitrogen and oxygen atoms in total. The van der Waals surface area contributed by atoms with E-state index < -0.39 is 135 Å². The third-order valence-electron chi connectivity index (χ3n) is 24.1. The van der Waals surface area contributed by atoms with Crippen LogP contribution < -0.4 is 48.6 Å². The number of aryl methyl sites for hydroxylation is 3. The third-order valence-corrected chi connectivity index (χ3v) is 26.2. The SMILES string of the molecule is C=CC(=O)N1CCN(c2c(C#N)c(=O)n(-c3c(C)ccnc3C(C)C)c3nc(-c4c(F)c(F)c(F)c(N)c4Cl)c(Cl)cc23)C[C@H]1C.C=CC(=O)N1CCN(c2c(C#N)c(=O)n(-c3c(C)ccnc3C(C)C)c3nc(-c4c(F)c(F)c(F)c(N)c4Cl)c(Cl)cc23)C[C@H]1C.C=CC(=O)N1CCN(c2c(C#N)c(=O)n(-c3c(C)ccnc3C(C)C)c3nc(-c4c(F)c(F)c(F)c(N)c4Cl)c(Cl)cc23)C[C@H]1C. The minimum Gasteiger partial charge on any atom is -0.395 e. The maximum absolute atomic E-state index is 15.3. The number of hydrogen-bond acceptors (Lipinski definition) is 21. The summed E-state index contributed by atoms with van der Waals surface area (Å²) >= 11 is 38.8. The number of rotatable bonds is 15. The molecule has 0 aliphatic carbocycles. The summed E-state index contributed by atoms with van der Waals surface area (Å²) < 4.78 is 136. The number of anilines is 6. The maximum atomic E-state index is 15.3. The first kappa shape index (κ1) is 102. The molecule has 42 heteroatoms. The van der Waals surface area contributed by atoms with E-state index in [-0.39, 0.29) is 194 Å². The molecule has 6 N–H and O–H groups in total. The summed E-state index contributed by atoms with van der Waals surface area (Å²) in [6, 6.07) is 14.3. The fourth-order valence-electron chi connectivity index (χ4n) is 17.5. The molecule has 3 aliphatic rings. The number of piperazine rings is 3. The number of hydrogen-bond donors (Lipinski definition) is 3. The highest BCUT2D eigenvalue weighted by Crippen LogP contribution is 2.49. The molecule has 3 atom stereocenters. The Labute approximate surface area is 813 Å². The van der Waals surface area contributed by atoms with Gasteiger partial charge >= 0.3 is 0 Å². The zero-order valence-corrected chi connectivity index (χ0v) is 80.3. The van der Waals surface area contributed by atoms with Crippen molar-refractivity contribution in [2.24, 2.45) is 0 Å². The van der Waals surface area contributed by atoms with Crippen LogP contribution in [-0.4, -0.2) is 153 Å². The molecule has 3 aromatic carbocycles. The predicted molar refractivity (Wildman–Crippen MR) is 516 cm³/mol. The molecule has 0 bridgehead atoms. The van der Waals surface area contributed by atoms with Gasteiger partial charge in [0.1, 0.15) is 51.8 Å². The van der Waals surface area contributed by atoms with Crippen molar-refractivity contribution >= 4 is 155 Å². The van der Waals surface area contributed by atoms with E-state index in [1.807, 2.05) is 80.5 Å². The zero-order valence-electron chi connectivity index (χ0n) is 75.8. The Morgan fingerprint density at radius 2 is 0.630 bits per heavy atom. The number of benzene rings is 3. The molecule has 0 spiro atoms. The molecule has 12 aromatic rings. The molecule has 3 fully saturated rings. The van der Waals surface area contributed by atoms with Gasteiger partial charge in [-0.2, -0.15) is 15.8 Å². The normalized spacial score (nSPS) is 15.0. The fraction of sp³-hybridized carbons (Fsp3) is 0.281. The molecule has 3 saturated heterocycles. The Bertz CT molecular complexity index is 6790. The van der Waals surface area contributed by atoms with Gasteiger partial charge in [-0.15, -0.1) is 0 Å². The van der Waals surface area contributed by atoms with Gasteiger partial charge in [-0.3, -0.25) is 57.4 Å². The van der Waals surface area contributed by atoms with Gasteiger partial charge in [-0.25, -0.2) is 54.5 Å². The summed E-state index contributed by atoms with van der Waals surface area (Å²) in [5.41, 5.74) is 12.9. The van der Waals surface area contributed by atoms with Gasteiger partial charge in [0.15, 0.2) is 52.4 Å². The molecule has 0 radical (unpaired) electrons. The number of amides is 3. The molecule has 0 unspecified atom stereocenters. The second kappa shape index (κ2) is 40.1. The molecule has 15 rings (SSSR count). The molecule has 3 amide bonds. The molecular formula is C96H84Cl6F9N21O6. The lowest BCUT2D eigenvalue weighted by Gasteiger charge is -2.41. The van der Waals surface area contributed by atoms with Crippen molar-refractivity contribution in [3.05, 3.63) is 257 Å². The number of nitrogen functional groups attached to an aromatic ring is 3. The summed E-state index contributed by atoms with van der Waals surface area (Å²) in [4.78, 5) is 118. The van der Waals surface area contributed by atoms with Gasteiger partial charge in [0.2, 0.25) is 17.7 Å². The van der Waals surface area contributed by atoms with Crippen molar-refractivity contribution in [2.45, 2.75) is 119 Å². The second-order valence-corrected chi connectivity index (χ2v) is 36.1. The fourth-order valence-corrected chi connectivity index (χ4v) is 19.0. The number of nitriles is 3. The van der Waals surface area contributed by atoms with Crippen molar-refractivity contribution < 1.29 is 53.9 Å². The number of nitrogens with zero attached hydrogens (tertiary/aromatic N) is 18. The van der Waals surface area contributed by atoms with Crippen LogP contribution in [0.3, 0.4) is 0 Å². The van der Waals surface area contributed by atoms with Crippen LogP contribution in [0.2, 0.25) is 30.1 Å². The summed E-state index contributed by atoms with van der Waals surface area (Å²) in [6.45, 7) is 34.8. The Morgan fingerprint density at radius 3 is 0.833 bits per heavy atom. The van der Waals surface area contributed by atoms with Gasteiger partial charge in [0, 0.05) is 112 Å². The average molecular weight is 2010 g/mol. The first-order valence-corrected chi connectivity index (χ1v) is 44.9. The smallest absolute Gasteiger partial charge is 0.276 e. The summed E-state index contributed by atoms with van der Waals surface area (Å²) in [7, 11) is 0. The Balaban J connectivity index is 0.000000175. The van der Waals surface area contributed by atoms with Crippen LogP contribution in [0.5, 0.6) is 0 Å². The summed E-state index contributed by atoms with van der Waals surface area (Å²) in [6.07, 6.45) is 8.40. The van der Waals surface area contributed by atoms with Crippen molar-refractivity contribution in [3.8, 4) is 69.0 Å². The lowest BCUT2D eigenvalue weighted by Crippen LogP contribution is -2.54. The van der Waals surface area contributed by atoms with E-state index in [1.165, 1.54) is 50.1 Å². The number of aromatic nitrogens is 9. The van der Waals surface area contributed by atoms with Crippen LogP contribution >= 0.6 is 69.6 Å². The summed E-state index contributed by atoms with van der Waals surface area (Å²) in [5, 5.41) is 29.2. The lowest BCUT2D eigenvalue weighted by molar-refractivity contribution is -0.129. The number of carbonyl (C=O) groups is 3. The Kier molecular flexibility index (Phi) is 29.5. The second-order valence-electron chi connectivity index (χ2n) is 33.8. The van der Waals surface area contributed by atoms with Gasteiger partial charge < -0.3 is 46.6 Å². The van der Waals surface area contributed by atoms with E-state index in [2.05, 4.69) is 49.6 Å². The monoisotopic (exact) mass is 2010 g/mol. The van der Waals surface area contributed by atoms with Crippen LogP contribution in [0, 0.1) is 107 Å². The van der Waals surface area contributed by atoms with Crippen molar-refractivity contribution in [2.75, 3.05) is 90.8 Å². The number of nitrogens with two attached hydrogens (primary N) is 3. The number of carbonyl (C=O) groups excluding carboxylic acids is 3. The van der Waals surface area contributed by atoms with Crippen LogP contribution in [0.4, 0.5) is 73.6 Å². The number of fused-ring (bicyclic) bond motifs is 3. The summed E-state index contributed by atoms with van der Waals surface area (Å²) in [5.74, 6) is -17.0. The Hall–Kier alpha value is -13.8. The van der Waals surface area contributed by atoms with Gasteiger partial charge in [0.05, 0.1) is 132 Å². The highest BCUT2D eigenvalue weighted by atomic mass is 35.5. The van der Waals surface area contributed by atoms with E-state index in [0.717, 1.165) is 0 Å². The topological polar surface area (TPSA) is 363 Å². The minimum atomic E-state index is -1.88. The van der Waals surface area contributed by atoms with Gasteiger partial charge in [-0.1, -0.05) is 131 Å². The van der Waals surface area contributed by atoms with E-state index in [0.29, 0.717) is 50.8 Å². The van der Waals surface area contributed by atoms with Crippen LogP contribution in [-0.2, 0) is 14.4 Å². The van der Waals surface area contributed by atoms with E-state index >= 15 is 13.2 Å². The van der Waals surface area contributed by atoms with Gasteiger partial charge in [0.25, 0.3) is 16.7 Å². The third kappa shape index (κ3) is 17.6. The zero-order chi connectivity index (χ0) is 101. The molecule has 0 saturated carbocycles. The Morgan fingerprint density at radius 1 is 0.399 bits per heavy atom. The van der Waals surface area contributed by atoms with Crippen LogP contribution in [0.25, 0.3) is 83.9 Å². The van der Waals surface area contributed by atoms with Crippen molar-refractivity contribution in [3.63, 3.8) is 0 Å². The van der Waals surface area contributed by atoms with Crippen LogP contribution in [0.15, 0.2) is 107 Å². The van der Waals surface area contributed by atoms with Crippen molar-refractivity contribution in [1.82, 2.24) is 58.3 Å². The molecule has 3 aliphatic heterocycles. The molecule has 714 valence electrons. The highest BCUT2D eigenvalue weighted by Gasteiger charge is 2.40. The molecule has 138 heavy (non-hydrogen) atoms. The van der Waals surface area contributed by atoms with E-state index in [9.17, 15) is 70.9 Å². The lowest BCUT2D eigenvalue weighted by atomic mass is 10.0. The van der Waals surface area contributed by atoms with Crippen molar-refractivity contribution in [1.29, 1.82) is 15.8 Å². The first-order chi connectivity index (χ1) is 65.2. The quantitative estimate of drug-likeness (QED) is 0.0282. The highest BCUT2D eigenvalue weighted by molar-refractivity contribution is 6.40. The standard InChI is InChI=1S/3C32H28Cl2F3N7O2/c3*1-6-20(45)43-10-9-42(13-16(43)5)30-17-11-19(33)28(21-22(34)26(39)25(37)24(36)23(21)35)41-31(17)44(32(46)18(30)12-38)29-15(4)7-8-40-27(29)14(2)3/h3*6-8,11,14,16H,1,9-10,13,39H2,2-5H3/t3*16-/m111/s1. The predicted octanol–water partition coefficient (Wildman–Crippen LogP) is 18.8. The average Bonchev–Trinajstić information content (AvgIpc) is 0.726. The van der Waals surface area contributed by atoms with Gasteiger partial charge in [-0.05, 0) is 131 Å². The van der Waals surface area contributed by atoms with E-state index in [4.69, 9.17) is 86.8 Å². The number of halogens is 15. The minimum absolute atomic E-state index is 0.0765. The number of pyridine rings is 9.